The minimum atomic E-state index is 0.237. The minimum Gasteiger partial charge on any atom is -0.247 e. The first kappa shape index (κ1) is 7.32. The lowest BCUT2D eigenvalue weighted by molar-refractivity contribution is -0.670. The van der Waals surface area contributed by atoms with E-state index in [4.69, 9.17) is 0 Å². The van der Waals surface area contributed by atoms with Gasteiger partial charge in [0.2, 0.25) is 6.33 Å². The van der Waals surface area contributed by atoms with E-state index < -0.39 is 0 Å². The molecule has 0 spiro atoms. The van der Waals surface area contributed by atoms with Crippen molar-refractivity contribution in [3.63, 3.8) is 0 Å². The van der Waals surface area contributed by atoms with E-state index in [-0.39, 0.29) is 5.41 Å². The molecule has 0 bridgehead atoms. The van der Waals surface area contributed by atoms with Gasteiger partial charge in [-0.1, -0.05) is 20.8 Å². The van der Waals surface area contributed by atoms with Crippen LogP contribution in [-0.4, -0.2) is 4.98 Å². The summed E-state index contributed by atoms with van der Waals surface area (Å²) in [5, 5.41) is 0. The topological polar surface area (TPSA) is 19.7 Å². The Bertz CT molecular complexity index is 217. The molecule has 0 aliphatic carbocycles. The Morgan fingerprint density at radius 3 is 2.20 bits per heavy atom. The summed E-state index contributed by atoms with van der Waals surface area (Å²) in [4.78, 5) is 3.21. The largest absolute Gasteiger partial charge is 0.247 e. The van der Waals surface area contributed by atoms with E-state index >= 15 is 0 Å². The summed E-state index contributed by atoms with van der Waals surface area (Å²) in [6.45, 7) is 6.58. The van der Waals surface area contributed by atoms with Gasteiger partial charge < -0.3 is 0 Å². The lowest BCUT2D eigenvalue weighted by Crippen LogP contribution is -2.24. The molecule has 0 amide bonds. The Morgan fingerprint density at radius 2 is 2.00 bits per heavy atom. The molecule has 1 aromatic heterocycles. The van der Waals surface area contributed by atoms with Crippen molar-refractivity contribution in [1.29, 1.82) is 0 Å². The van der Waals surface area contributed by atoms with Gasteiger partial charge in [0.05, 0.1) is 7.05 Å². The van der Waals surface area contributed by atoms with Gasteiger partial charge in [-0.15, -0.1) is 0 Å². The van der Waals surface area contributed by atoms with Crippen LogP contribution in [0.2, 0.25) is 0 Å². The van der Waals surface area contributed by atoms with Gasteiger partial charge in [-0.2, -0.15) is 0 Å². The summed E-state index contributed by atoms with van der Waals surface area (Å²) in [5.41, 5.74) is 1.51. The molecule has 0 radical (unpaired) electrons. The Kier molecular flexibility index (Phi) is 1.55. The molecule has 1 N–H and O–H groups in total. The quantitative estimate of drug-likeness (QED) is 0.520. The molecule has 1 heterocycles. The fourth-order valence-corrected chi connectivity index (χ4v) is 0.860. The van der Waals surface area contributed by atoms with Crippen molar-refractivity contribution >= 4 is 0 Å². The van der Waals surface area contributed by atoms with Crippen molar-refractivity contribution in [2.75, 3.05) is 0 Å². The van der Waals surface area contributed by atoms with Gasteiger partial charge in [0.25, 0.3) is 0 Å². The van der Waals surface area contributed by atoms with E-state index in [9.17, 15) is 0 Å². The van der Waals surface area contributed by atoms with E-state index in [2.05, 4.69) is 32.0 Å². The van der Waals surface area contributed by atoms with Gasteiger partial charge in [-0.05, 0) is 0 Å². The third kappa shape index (κ3) is 1.38. The molecule has 1 aromatic rings. The number of nitrogens with zero attached hydrogens (tertiary/aromatic N) is 1. The monoisotopic (exact) mass is 139 g/mol. The fourth-order valence-electron chi connectivity index (χ4n) is 0.860. The van der Waals surface area contributed by atoms with Gasteiger partial charge in [-0.25, -0.2) is 9.55 Å². The van der Waals surface area contributed by atoms with Crippen LogP contribution in [0.1, 0.15) is 26.5 Å². The van der Waals surface area contributed by atoms with Crippen molar-refractivity contribution < 1.29 is 4.57 Å². The molecule has 0 aromatic carbocycles. The number of H-pyrrole nitrogens is 1. The molecule has 0 aliphatic rings. The molecule has 0 fully saturated rings. The smallest absolute Gasteiger partial charge is 0.241 e. The van der Waals surface area contributed by atoms with Gasteiger partial charge >= 0.3 is 0 Å². The maximum absolute atomic E-state index is 3.21. The number of aryl methyl sites for hydroxylation is 1. The first-order valence-corrected chi connectivity index (χ1v) is 3.54. The lowest BCUT2D eigenvalue weighted by atomic mass is 9.93. The van der Waals surface area contributed by atoms with Crippen LogP contribution in [0.15, 0.2) is 12.5 Å². The molecule has 0 saturated heterocycles. The Hall–Kier alpha value is -0.790. The summed E-state index contributed by atoms with van der Waals surface area (Å²) in [5.74, 6) is 0. The van der Waals surface area contributed by atoms with E-state index in [1.165, 1.54) is 5.69 Å². The second-order valence-corrected chi connectivity index (χ2v) is 3.73. The van der Waals surface area contributed by atoms with Crippen molar-refractivity contribution in [3.8, 4) is 0 Å². The number of aromatic nitrogens is 2. The van der Waals surface area contributed by atoms with Crippen LogP contribution < -0.4 is 4.57 Å². The van der Waals surface area contributed by atoms with Crippen molar-refractivity contribution in [2.45, 2.75) is 26.2 Å². The lowest BCUT2D eigenvalue weighted by Gasteiger charge is -2.10. The summed E-state index contributed by atoms with van der Waals surface area (Å²) >= 11 is 0. The highest BCUT2D eigenvalue weighted by atomic mass is 15.0. The zero-order chi connectivity index (χ0) is 7.78. The molecule has 10 heavy (non-hydrogen) atoms. The predicted molar refractivity (Wildman–Crippen MR) is 40.7 cm³/mol. The van der Waals surface area contributed by atoms with Crippen LogP contribution >= 0.6 is 0 Å². The zero-order valence-electron chi connectivity index (χ0n) is 7.10. The summed E-state index contributed by atoms with van der Waals surface area (Å²) in [6, 6.07) is 0. The molecular formula is C8H15N2+. The highest BCUT2D eigenvalue weighted by Gasteiger charge is 2.19. The van der Waals surface area contributed by atoms with Crippen molar-refractivity contribution in [3.05, 3.63) is 18.2 Å². The number of imidazole rings is 1. The Balaban J connectivity index is 2.96. The number of aromatic amines is 1. The number of rotatable bonds is 0. The maximum atomic E-state index is 3.21. The molecule has 0 atom stereocenters. The maximum Gasteiger partial charge on any atom is 0.241 e. The van der Waals surface area contributed by atoms with Crippen LogP contribution in [-0.2, 0) is 12.5 Å². The number of hydrogen-bond acceptors (Lipinski definition) is 0. The van der Waals surface area contributed by atoms with E-state index in [0.29, 0.717) is 0 Å². The zero-order valence-corrected chi connectivity index (χ0v) is 7.10. The highest BCUT2D eigenvalue weighted by molar-refractivity contribution is 5.04. The molecule has 56 valence electrons. The molecule has 1 rings (SSSR count). The third-order valence-electron chi connectivity index (χ3n) is 1.56. The van der Waals surface area contributed by atoms with Gasteiger partial charge in [0, 0.05) is 5.41 Å². The number of nitrogens with one attached hydrogen (secondary N) is 1. The van der Waals surface area contributed by atoms with Crippen LogP contribution in [0.25, 0.3) is 0 Å². The number of hydrogen-bond donors (Lipinski definition) is 1. The van der Waals surface area contributed by atoms with Crippen molar-refractivity contribution in [1.82, 2.24) is 4.98 Å². The van der Waals surface area contributed by atoms with E-state index in [1.54, 1.807) is 0 Å². The van der Waals surface area contributed by atoms with Crippen LogP contribution in [0, 0.1) is 0 Å². The summed E-state index contributed by atoms with van der Waals surface area (Å²) in [7, 11) is 2.02. The van der Waals surface area contributed by atoms with Crippen LogP contribution in [0.3, 0.4) is 0 Å². The average molecular weight is 139 g/mol. The second kappa shape index (κ2) is 2.11. The summed E-state index contributed by atoms with van der Waals surface area (Å²) in [6.07, 6.45) is 4.07. The first-order chi connectivity index (χ1) is 4.50. The SMILES string of the molecule is C[n+]1c[nH]c(C(C)(C)C)c1. The molecule has 0 unspecified atom stereocenters. The van der Waals surface area contributed by atoms with Gasteiger partial charge in [0.1, 0.15) is 11.9 Å². The molecule has 2 heteroatoms. The van der Waals surface area contributed by atoms with Gasteiger partial charge in [-0.3, -0.25) is 0 Å². The van der Waals surface area contributed by atoms with E-state index in [0.717, 1.165) is 0 Å². The van der Waals surface area contributed by atoms with Gasteiger partial charge in [0.15, 0.2) is 0 Å². The van der Waals surface area contributed by atoms with Crippen molar-refractivity contribution in [2.24, 2.45) is 7.05 Å². The van der Waals surface area contributed by atoms with Crippen LogP contribution in [0.5, 0.6) is 0 Å². The fraction of sp³-hybridized carbons (Fsp3) is 0.625. The second-order valence-electron chi connectivity index (χ2n) is 3.73. The average Bonchev–Trinajstić information content (AvgIpc) is 2.11. The first-order valence-electron chi connectivity index (χ1n) is 3.54. The Labute approximate surface area is 61.9 Å². The van der Waals surface area contributed by atoms with Crippen LogP contribution in [0.4, 0.5) is 0 Å². The minimum absolute atomic E-state index is 0.237. The van der Waals surface area contributed by atoms with E-state index in [1.807, 2.05) is 17.9 Å². The molecule has 0 saturated carbocycles. The molecule has 0 aliphatic heterocycles. The standard InChI is InChI=1S/C8H14N2/c1-8(2,3)7-5-10(4)6-9-7/h5-6H,1-4H3/p+1. The molecular weight excluding hydrogens is 124 g/mol. The summed E-state index contributed by atoms with van der Waals surface area (Å²) < 4.78 is 2.03. The normalized spacial score (nSPS) is 12.0. The third-order valence-corrected chi connectivity index (χ3v) is 1.56. The predicted octanol–water partition coefficient (Wildman–Crippen LogP) is 1.14. The Morgan fingerprint density at radius 1 is 1.40 bits per heavy atom. The molecule has 2 nitrogen and oxygen atoms in total. The highest BCUT2D eigenvalue weighted by Crippen LogP contribution is 2.17.